The Balaban J connectivity index is 1.66. The van der Waals surface area contributed by atoms with Crippen molar-refractivity contribution in [2.45, 2.75) is 70.5 Å². The third-order valence-electron chi connectivity index (χ3n) is 5.52. The van der Waals surface area contributed by atoms with Gasteiger partial charge in [0.05, 0.1) is 0 Å². The Morgan fingerprint density at radius 1 is 1.28 bits per heavy atom. The van der Waals surface area contributed by atoms with Crippen molar-refractivity contribution in [1.29, 1.82) is 0 Å². The summed E-state index contributed by atoms with van der Waals surface area (Å²) in [4.78, 5) is 30.2. The summed E-state index contributed by atoms with van der Waals surface area (Å²) >= 11 is 0. The smallest absolute Gasteiger partial charge is 0.323 e. The number of hydrogen-bond donors (Lipinski definition) is 2. The van der Waals surface area contributed by atoms with E-state index in [1.165, 1.54) is 43.1 Å². The number of likely N-dealkylation sites (tertiary alicyclic amines) is 1. The highest BCUT2D eigenvalue weighted by atomic mass is 16.4. The summed E-state index contributed by atoms with van der Waals surface area (Å²) in [6, 6.07) is 1.11. The van der Waals surface area contributed by atoms with Crippen LogP contribution in [0, 0.1) is 6.92 Å². The van der Waals surface area contributed by atoms with E-state index >= 15 is 0 Å². The van der Waals surface area contributed by atoms with E-state index in [-0.39, 0.29) is 17.9 Å². The van der Waals surface area contributed by atoms with E-state index in [1.807, 2.05) is 0 Å². The van der Waals surface area contributed by atoms with E-state index in [9.17, 15) is 9.59 Å². The number of nitrogens with one attached hydrogen (secondary N) is 1. The number of carboxylic acids is 1. The molecule has 138 valence electrons. The van der Waals surface area contributed by atoms with Gasteiger partial charge in [-0.3, -0.25) is 19.1 Å². The molecule has 25 heavy (non-hydrogen) atoms. The molecule has 2 aliphatic rings. The number of nitrogens with zero attached hydrogens (tertiary/aromatic N) is 3. The summed E-state index contributed by atoms with van der Waals surface area (Å²) in [5, 5.41) is 12.2. The van der Waals surface area contributed by atoms with Gasteiger partial charge < -0.3 is 10.4 Å². The Labute approximate surface area is 148 Å². The monoisotopic (exact) mass is 348 g/mol. The van der Waals surface area contributed by atoms with Crippen LogP contribution in [0.1, 0.15) is 50.6 Å². The third kappa shape index (κ3) is 4.21. The van der Waals surface area contributed by atoms with Crippen LogP contribution in [0.5, 0.6) is 0 Å². The summed E-state index contributed by atoms with van der Waals surface area (Å²) in [6.45, 7) is 3.19. The average molecular weight is 348 g/mol. The van der Waals surface area contributed by atoms with Crippen molar-refractivity contribution in [3.05, 3.63) is 22.2 Å². The predicted octanol–water partition coefficient (Wildman–Crippen LogP) is 1.85. The molecule has 7 heteroatoms. The van der Waals surface area contributed by atoms with Crippen molar-refractivity contribution in [2.24, 2.45) is 0 Å². The standard InChI is InChI=1S/C18H28N4O3/c1-13-10-19-17(18(25)22(13)12-16(23)24)20-11-15-8-5-9-21(15)14-6-3-2-4-7-14/h10,14-15H,2-9,11-12H2,1H3,(H,19,20)(H,23,24)/t15-/m1/s1. The molecule has 1 aromatic heterocycles. The van der Waals surface area contributed by atoms with Gasteiger partial charge in [0.15, 0.2) is 5.82 Å². The molecule has 1 saturated carbocycles. The summed E-state index contributed by atoms with van der Waals surface area (Å²) < 4.78 is 1.26. The van der Waals surface area contributed by atoms with E-state index in [0.29, 0.717) is 24.3 Å². The van der Waals surface area contributed by atoms with Gasteiger partial charge in [-0.2, -0.15) is 0 Å². The van der Waals surface area contributed by atoms with Crippen molar-refractivity contribution in [2.75, 3.05) is 18.4 Å². The van der Waals surface area contributed by atoms with E-state index in [2.05, 4.69) is 15.2 Å². The van der Waals surface area contributed by atoms with E-state index in [0.717, 1.165) is 13.0 Å². The van der Waals surface area contributed by atoms with Gasteiger partial charge in [-0.05, 0) is 39.2 Å². The molecule has 2 N–H and O–H groups in total. The lowest BCUT2D eigenvalue weighted by molar-refractivity contribution is -0.137. The summed E-state index contributed by atoms with van der Waals surface area (Å²) in [6.07, 6.45) is 10.5. The van der Waals surface area contributed by atoms with Gasteiger partial charge in [0.2, 0.25) is 0 Å². The maximum absolute atomic E-state index is 12.5. The lowest BCUT2D eigenvalue weighted by Crippen LogP contribution is -2.43. The fourth-order valence-corrected chi connectivity index (χ4v) is 4.21. The fraction of sp³-hybridized carbons (Fsp3) is 0.722. The predicted molar refractivity (Wildman–Crippen MR) is 96.0 cm³/mol. The first-order chi connectivity index (χ1) is 12.1. The molecule has 3 rings (SSSR count). The molecule has 2 heterocycles. The maximum atomic E-state index is 12.5. The van der Waals surface area contributed by atoms with Crippen molar-refractivity contribution >= 4 is 11.8 Å². The van der Waals surface area contributed by atoms with Crippen LogP contribution >= 0.6 is 0 Å². The van der Waals surface area contributed by atoms with Crippen molar-refractivity contribution in [1.82, 2.24) is 14.5 Å². The fourth-order valence-electron chi connectivity index (χ4n) is 4.21. The molecule has 0 radical (unpaired) electrons. The van der Waals surface area contributed by atoms with Crippen molar-refractivity contribution in [3.8, 4) is 0 Å². The number of hydrogen-bond acceptors (Lipinski definition) is 5. The Kier molecular flexibility index (Phi) is 5.73. The number of rotatable bonds is 6. The topological polar surface area (TPSA) is 87.5 Å². The highest BCUT2D eigenvalue weighted by Crippen LogP contribution is 2.29. The van der Waals surface area contributed by atoms with Crippen LogP contribution in [0.15, 0.2) is 11.0 Å². The van der Waals surface area contributed by atoms with Crippen LogP contribution in [0.4, 0.5) is 5.82 Å². The van der Waals surface area contributed by atoms with Gasteiger partial charge in [0.25, 0.3) is 5.56 Å². The second-order valence-electron chi connectivity index (χ2n) is 7.24. The van der Waals surface area contributed by atoms with E-state index in [4.69, 9.17) is 5.11 Å². The minimum atomic E-state index is -1.03. The average Bonchev–Trinajstić information content (AvgIpc) is 3.07. The van der Waals surface area contributed by atoms with Crippen molar-refractivity contribution < 1.29 is 9.90 Å². The number of aromatic nitrogens is 2. The Bertz CT molecular complexity index is 667. The highest BCUT2D eigenvalue weighted by molar-refractivity contribution is 5.66. The van der Waals surface area contributed by atoms with Crippen LogP contribution in [-0.4, -0.2) is 50.7 Å². The molecule has 2 fully saturated rings. The zero-order chi connectivity index (χ0) is 17.8. The second kappa shape index (κ2) is 7.99. The molecule has 7 nitrogen and oxygen atoms in total. The first-order valence-corrected chi connectivity index (χ1v) is 9.34. The van der Waals surface area contributed by atoms with Gasteiger partial charge in [0.1, 0.15) is 6.54 Å². The molecule has 1 aromatic rings. The molecule has 1 saturated heterocycles. The maximum Gasteiger partial charge on any atom is 0.323 e. The van der Waals surface area contributed by atoms with E-state index in [1.54, 1.807) is 13.1 Å². The quantitative estimate of drug-likeness (QED) is 0.816. The van der Waals surface area contributed by atoms with Crippen LogP contribution in [-0.2, 0) is 11.3 Å². The lowest BCUT2D eigenvalue weighted by Gasteiger charge is -2.35. The number of aryl methyl sites for hydroxylation is 1. The van der Waals surface area contributed by atoms with Gasteiger partial charge in [-0.25, -0.2) is 4.98 Å². The summed E-state index contributed by atoms with van der Waals surface area (Å²) in [5.41, 5.74) is 0.201. The molecule has 1 aliphatic heterocycles. The molecular formula is C18H28N4O3. The van der Waals surface area contributed by atoms with E-state index < -0.39 is 5.97 Å². The molecule has 0 unspecified atom stereocenters. The first-order valence-electron chi connectivity index (χ1n) is 9.34. The minimum Gasteiger partial charge on any atom is -0.480 e. The molecule has 0 bridgehead atoms. The lowest BCUT2D eigenvalue weighted by atomic mass is 9.94. The van der Waals surface area contributed by atoms with Gasteiger partial charge in [-0.15, -0.1) is 0 Å². The normalized spacial score (nSPS) is 22.2. The molecule has 0 aromatic carbocycles. The molecular weight excluding hydrogens is 320 g/mol. The number of carboxylic acid groups (broad SMARTS) is 1. The zero-order valence-electron chi connectivity index (χ0n) is 14.9. The largest absolute Gasteiger partial charge is 0.480 e. The SMILES string of the molecule is Cc1cnc(NC[C@H]2CCCN2C2CCCCC2)c(=O)n1CC(=O)O. The summed E-state index contributed by atoms with van der Waals surface area (Å²) in [5.74, 6) is -0.774. The number of carbonyl (C=O) groups is 1. The van der Waals surface area contributed by atoms with Gasteiger partial charge in [0, 0.05) is 30.5 Å². The molecule has 1 atom stereocenters. The minimum absolute atomic E-state index is 0.252. The van der Waals surface area contributed by atoms with Crippen LogP contribution in [0.3, 0.4) is 0 Å². The first kappa shape index (κ1) is 17.9. The van der Waals surface area contributed by atoms with Crippen LogP contribution in [0.2, 0.25) is 0 Å². The third-order valence-corrected chi connectivity index (χ3v) is 5.52. The van der Waals surface area contributed by atoms with Crippen LogP contribution < -0.4 is 10.9 Å². The number of aliphatic carboxylic acids is 1. The summed E-state index contributed by atoms with van der Waals surface area (Å²) in [7, 11) is 0. The Morgan fingerprint density at radius 2 is 2.04 bits per heavy atom. The number of anilines is 1. The Morgan fingerprint density at radius 3 is 2.76 bits per heavy atom. The molecule has 0 spiro atoms. The van der Waals surface area contributed by atoms with Gasteiger partial charge in [-0.1, -0.05) is 19.3 Å². The highest BCUT2D eigenvalue weighted by Gasteiger charge is 2.31. The molecule has 1 aliphatic carbocycles. The second-order valence-corrected chi connectivity index (χ2v) is 7.24. The molecule has 0 amide bonds. The zero-order valence-corrected chi connectivity index (χ0v) is 14.9. The van der Waals surface area contributed by atoms with Crippen LogP contribution in [0.25, 0.3) is 0 Å². The van der Waals surface area contributed by atoms with Gasteiger partial charge >= 0.3 is 5.97 Å². The Hall–Kier alpha value is -1.89. The van der Waals surface area contributed by atoms with Crippen molar-refractivity contribution in [3.63, 3.8) is 0 Å².